The summed E-state index contributed by atoms with van der Waals surface area (Å²) >= 11 is 0. The number of amides is 3. The largest absolute Gasteiger partial charge is 0.483 e. The Morgan fingerprint density at radius 2 is 1.60 bits per heavy atom. The summed E-state index contributed by atoms with van der Waals surface area (Å²) in [5.41, 5.74) is 6.78. The van der Waals surface area contributed by atoms with Crippen molar-refractivity contribution in [1.82, 2.24) is 16.2 Å². The first-order valence-electron chi connectivity index (χ1n) is 9.29. The average Bonchev–Trinajstić information content (AvgIpc) is 3.32. The van der Waals surface area contributed by atoms with E-state index in [-0.39, 0.29) is 25.5 Å². The fourth-order valence-electron chi connectivity index (χ4n) is 2.62. The van der Waals surface area contributed by atoms with Gasteiger partial charge in [-0.3, -0.25) is 25.2 Å². The zero-order valence-electron chi connectivity index (χ0n) is 16.1. The van der Waals surface area contributed by atoms with E-state index in [1.54, 1.807) is 6.07 Å². The van der Waals surface area contributed by atoms with Crippen LogP contribution in [0, 0.1) is 0 Å². The van der Waals surface area contributed by atoms with Crippen molar-refractivity contribution in [3.8, 4) is 16.9 Å². The summed E-state index contributed by atoms with van der Waals surface area (Å²) in [6.45, 7) is -0.145. The molecule has 0 bridgehead atoms. The van der Waals surface area contributed by atoms with Gasteiger partial charge in [0.1, 0.15) is 12.0 Å². The monoisotopic (exact) mass is 407 g/mol. The van der Waals surface area contributed by atoms with Gasteiger partial charge in [0.25, 0.3) is 11.8 Å². The molecule has 8 heteroatoms. The second-order valence-corrected chi connectivity index (χ2v) is 6.27. The lowest BCUT2D eigenvalue weighted by Gasteiger charge is -2.12. The molecule has 0 aliphatic carbocycles. The first-order valence-corrected chi connectivity index (χ1v) is 9.29. The van der Waals surface area contributed by atoms with Crippen molar-refractivity contribution in [3.63, 3.8) is 0 Å². The lowest BCUT2D eigenvalue weighted by Crippen LogP contribution is -2.44. The van der Waals surface area contributed by atoms with Crippen molar-refractivity contribution in [2.24, 2.45) is 0 Å². The van der Waals surface area contributed by atoms with Crippen molar-refractivity contribution in [3.05, 3.63) is 78.8 Å². The molecule has 0 saturated carbocycles. The lowest BCUT2D eigenvalue weighted by molar-refractivity contribution is -0.129. The molecular formula is C22H21N3O5. The second-order valence-electron chi connectivity index (χ2n) is 6.27. The van der Waals surface area contributed by atoms with Gasteiger partial charge in [-0.15, -0.1) is 0 Å². The highest BCUT2D eigenvalue weighted by molar-refractivity contribution is 5.94. The summed E-state index contributed by atoms with van der Waals surface area (Å²) in [6, 6.07) is 18.6. The van der Waals surface area contributed by atoms with Crippen molar-refractivity contribution in [2.45, 2.75) is 6.42 Å². The van der Waals surface area contributed by atoms with E-state index < -0.39 is 11.8 Å². The minimum atomic E-state index is -0.506. The van der Waals surface area contributed by atoms with Crippen LogP contribution in [-0.2, 0) is 9.59 Å². The highest BCUT2D eigenvalue weighted by Gasteiger charge is 2.10. The summed E-state index contributed by atoms with van der Waals surface area (Å²) in [6.07, 6.45) is 2.70. The molecule has 154 valence electrons. The Morgan fingerprint density at radius 3 is 2.37 bits per heavy atom. The van der Waals surface area contributed by atoms with Crippen LogP contribution < -0.4 is 20.9 Å². The molecule has 0 spiro atoms. The molecule has 3 aromatic rings. The number of carbonyl (C=O) groups excluding carboxylic acids is 3. The van der Waals surface area contributed by atoms with Crippen LogP contribution in [0.3, 0.4) is 0 Å². The summed E-state index contributed by atoms with van der Waals surface area (Å²) in [4.78, 5) is 35.5. The molecule has 0 atom stereocenters. The van der Waals surface area contributed by atoms with Gasteiger partial charge in [-0.25, -0.2) is 0 Å². The minimum Gasteiger partial charge on any atom is -0.483 e. The fraction of sp³-hybridized carbons (Fsp3) is 0.136. The Kier molecular flexibility index (Phi) is 7.21. The van der Waals surface area contributed by atoms with E-state index in [1.165, 1.54) is 18.6 Å². The van der Waals surface area contributed by atoms with Gasteiger partial charge in [0, 0.05) is 18.5 Å². The number of hydrogen-bond donors (Lipinski definition) is 3. The third-order valence-electron chi connectivity index (χ3n) is 4.09. The summed E-state index contributed by atoms with van der Waals surface area (Å²) in [7, 11) is 0. The Hall–Kier alpha value is -4.07. The molecule has 0 fully saturated rings. The number of furan rings is 1. The SMILES string of the molecule is O=C(CCNC(=O)c1ccoc1)NNC(=O)COc1ccccc1-c1ccccc1. The molecule has 1 aromatic heterocycles. The van der Waals surface area contributed by atoms with Crippen LogP contribution in [-0.4, -0.2) is 30.9 Å². The topological polar surface area (TPSA) is 110 Å². The number of carbonyl (C=O) groups is 3. The first-order chi connectivity index (χ1) is 14.6. The van der Waals surface area contributed by atoms with Gasteiger partial charge in [0.15, 0.2) is 6.61 Å². The molecular weight excluding hydrogens is 386 g/mol. The Morgan fingerprint density at radius 1 is 0.867 bits per heavy atom. The van der Waals surface area contributed by atoms with E-state index in [1.807, 2.05) is 48.5 Å². The van der Waals surface area contributed by atoms with Crippen LogP contribution in [0.5, 0.6) is 5.75 Å². The van der Waals surface area contributed by atoms with Crippen LogP contribution in [0.25, 0.3) is 11.1 Å². The van der Waals surface area contributed by atoms with E-state index in [0.29, 0.717) is 11.3 Å². The van der Waals surface area contributed by atoms with Crippen LogP contribution in [0.1, 0.15) is 16.8 Å². The number of hydrogen-bond acceptors (Lipinski definition) is 5. The zero-order chi connectivity index (χ0) is 21.2. The van der Waals surface area contributed by atoms with E-state index in [0.717, 1.165) is 11.1 Å². The summed E-state index contributed by atoms with van der Waals surface area (Å²) in [5, 5.41) is 2.57. The van der Waals surface area contributed by atoms with Crippen molar-refractivity contribution >= 4 is 17.7 Å². The minimum absolute atomic E-state index is 0.00156. The number of rotatable bonds is 8. The van der Waals surface area contributed by atoms with Gasteiger partial charge in [-0.2, -0.15) is 0 Å². The Labute approximate surface area is 173 Å². The molecule has 0 aliphatic heterocycles. The third kappa shape index (κ3) is 5.96. The Balaban J connectivity index is 1.39. The molecule has 2 aromatic carbocycles. The molecule has 8 nitrogen and oxygen atoms in total. The maximum Gasteiger partial charge on any atom is 0.276 e. The predicted octanol–water partition coefficient (Wildman–Crippen LogP) is 2.29. The van der Waals surface area contributed by atoms with Gasteiger partial charge in [0.2, 0.25) is 5.91 Å². The normalized spacial score (nSPS) is 10.1. The van der Waals surface area contributed by atoms with Gasteiger partial charge < -0.3 is 14.5 Å². The van der Waals surface area contributed by atoms with E-state index >= 15 is 0 Å². The number of hydrazine groups is 1. The predicted molar refractivity (Wildman–Crippen MR) is 109 cm³/mol. The summed E-state index contributed by atoms with van der Waals surface area (Å²) < 4.78 is 10.4. The third-order valence-corrected chi connectivity index (χ3v) is 4.09. The molecule has 3 amide bonds. The fourth-order valence-corrected chi connectivity index (χ4v) is 2.62. The number of nitrogens with one attached hydrogen (secondary N) is 3. The molecule has 1 heterocycles. The van der Waals surface area contributed by atoms with Gasteiger partial charge >= 0.3 is 0 Å². The van der Waals surface area contributed by atoms with Crippen molar-refractivity contribution < 1.29 is 23.5 Å². The van der Waals surface area contributed by atoms with Crippen molar-refractivity contribution in [2.75, 3.05) is 13.2 Å². The molecule has 0 aliphatic rings. The van der Waals surface area contributed by atoms with Crippen LogP contribution in [0.2, 0.25) is 0 Å². The molecule has 3 rings (SSSR count). The van der Waals surface area contributed by atoms with Crippen LogP contribution >= 0.6 is 0 Å². The zero-order valence-corrected chi connectivity index (χ0v) is 16.1. The van der Waals surface area contributed by atoms with Gasteiger partial charge in [0.05, 0.1) is 11.8 Å². The molecule has 30 heavy (non-hydrogen) atoms. The summed E-state index contributed by atoms with van der Waals surface area (Å²) in [5.74, 6) is -0.729. The molecule has 3 N–H and O–H groups in total. The van der Waals surface area contributed by atoms with E-state index in [2.05, 4.69) is 16.2 Å². The first kappa shape index (κ1) is 20.7. The number of ether oxygens (including phenoxy) is 1. The number of para-hydroxylation sites is 1. The molecule has 0 radical (unpaired) electrons. The quantitative estimate of drug-likeness (QED) is 0.497. The smallest absolute Gasteiger partial charge is 0.276 e. The maximum atomic E-state index is 12.0. The average molecular weight is 407 g/mol. The standard InChI is InChI=1S/C22H21N3O5/c26-20(10-12-23-22(28)17-11-13-29-14-17)24-25-21(27)15-30-19-9-5-4-8-18(19)16-6-2-1-3-7-16/h1-9,11,13-14H,10,12,15H2,(H,23,28)(H,24,26)(H,25,27). The highest BCUT2D eigenvalue weighted by Crippen LogP contribution is 2.29. The molecule has 0 saturated heterocycles. The van der Waals surface area contributed by atoms with E-state index in [9.17, 15) is 14.4 Å². The van der Waals surface area contributed by atoms with Crippen LogP contribution in [0.15, 0.2) is 77.6 Å². The maximum absolute atomic E-state index is 12.0. The Bertz CT molecular complexity index is 987. The number of benzene rings is 2. The molecule has 0 unspecified atom stereocenters. The van der Waals surface area contributed by atoms with E-state index in [4.69, 9.17) is 9.15 Å². The van der Waals surface area contributed by atoms with Crippen LogP contribution in [0.4, 0.5) is 0 Å². The van der Waals surface area contributed by atoms with Gasteiger partial charge in [-0.05, 0) is 17.7 Å². The second kappa shape index (κ2) is 10.5. The van der Waals surface area contributed by atoms with Gasteiger partial charge in [-0.1, -0.05) is 48.5 Å². The highest BCUT2D eigenvalue weighted by atomic mass is 16.5. The lowest BCUT2D eigenvalue weighted by atomic mass is 10.1. The van der Waals surface area contributed by atoms with Crippen molar-refractivity contribution in [1.29, 1.82) is 0 Å².